The second kappa shape index (κ2) is 69.8. The zero-order valence-corrected chi connectivity index (χ0v) is 53.9. The molecule has 0 heterocycles. The molecule has 0 saturated heterocycles. The van der Waals surface area contributed by atoms with Crippen LogP contribution < -0.4 is 0 Å². The molecule has 0 aliphatic carbocycles. The summed E-state index contributed by atoms with van der Waals surface area (Å²) in [5, 5.41) is 0. The number of carbonyl (C=O) groups excluding carboxylic acids is 3. The van der Waals surface area contributed by atoms with Crippen LogP contribution in [0.25, 0.3) is 0 Å². The van der Waals surface area contributed by atoms with Gasteiger partial charge in [0.1, 0.15) is 13.2 Å². The van der Waals surface area contributed by atoms with Crippen molar-refractivity contribution in [1.29, 1.82) is 0 Å². The normalized spacial score (nSPS) is 13.0. The number of hydrogen-bond donors (Lipinski definition) is 0. The lowest BCUT2D eigenvalue weighted by Gasteiger charge is -2.18. The number of carbonyl (C=O) groups is 3. The molecule has 470 valence electrons. The lowest BCUT2D eigenvalue weighted by molar-refractivity contribution is -0.167. The summed E-state index contributed by atoms with van der Waals surface area (Å²) in [6, 6.07) is 0. The SMILES string of the molecule is CC/C=C\C/C=C\C/C=C\C/C=C\C/C=C\C/C=C\CCCCC(=O)OC(COC(=O)CCCCCCCCCCC/C=C\C/C=C\CCCCC)COC(=O)CCCCCCCCCCCCCC/C=C\C/C=C\C/C=C\C/C=C\CC. The highest BCUT2D eigenvalue weighted by Crippen LogP contribution is 2.16. The molecule has 6 heteroatoms. The summed E-state index contributed by atoms with van der Waals surface area (Å²) < 4.78 is 16.9. The minimum absolute atomic E-state index is 0.102. The van der Waals surface area contributed by atoms with E-state index < -0.39 is 6.10 Å². The van der Waals surface area contributed by atoms with Crippen molar-refractivity contribution in [3.63, 3.8) is 0 Å². The van der Waals surface area contributed by atoms with Crippen LogP contribution in [0.15, 0.2) is 146 Å². The summed E-state index contributed by atoms with van der Waals surface area (Å²) in [6.45, 7) is 6.37. The maximum Gasteiger partial charge on any atom is 0.306 e. The van der Waals surface area contributed by atoms with E-state index >= 15 is 0 Å². The Morgan fingerprint density at radius 2 is 0.470 bits per heavy atom. The van der Waals surface area contributed by atoms with E-state index in [1.165, 1.54) is 135 Å². The van der Waals surface area contributed by atoms with E-state index in [4.69, 9.17) is 14.2 Å². The third-order valence-corrected chi connectivity index (χ3v) is 14.3. The van der Waals surface area contributed by atoms with Gasteiger partial charge in [0.15, 0.2) is 6.10 Å². The lowest BCUT2D eigenvalue weighted by Crippen LogP contribution is -2.30. The predicted octanol–water partition coefficient (Wildman–Crippen LogP) is 23.9. The summed E-state index contributed by atoms with van der Waals surface area (Å²) in [7, 11) is 0. The largest absolute Gasteiger partial charge is 0.462 e. The molecular formula is C77H126O6. The Morgan fingerprint density at radius 1 is 0.253 bits per heavy atom. The Morgan fingerprint density at radius 3 is 0.759 bits per heavy atom. The van der Waals surface area contributed by atoms with E-state index in [2.05, 4.69) is 167 Å². The van der Waals surface area contributed by atoms with Gasteiger partial charge in [-0.25, -0.2) is 0 Å². The van der Waals surface area contributed by atoms with Gasteiger partial charge in [-0.15, -0.1) is 0 Å². The molecule has 0 fully saturated rings. The van der Waals surface area contributed by atoms with Crippen LogP contribution in [0, 0.1) is 0 Å². The van der Waals surface area contributed by atoms with E-state index in [9.17, 15) is 14.4 Å². The van der Waals surface area contributed by atoms with Crippen molar-refractivity contribution < 1.29 is 28.6 Å². The van der Waals surface area contributed by atoms with E-state index in [0.29, 0.717) is 19.3 Å². The van der Waals surface area contributed by atoms with Crippen LogP contribution in [0.1, 0.15) is 303 Å². The highest BCUT2D eigenvalue weighted by Gasteiger charge is 2.19. The van der Waals surface area contributed by atoms with Crippen LogP contribution >= 0.6 is 0 Å². The fraction of sp³-hybridized carbons (Fsp3) is 0.649. The van der Waals surface area contributed by atoms with Crippen molar-refractivity contribution in [3.05, 3.63) is 146 Å². The summed E-state index contributed by atoms with van der Waals surface area (Å²) in [4.78, 5) is 38.5. The summed E-state index contributed by atoms with van der Waals surface area (Å²) in [5.74, 6) is -0.946. The van der Waals surface area contributed by atoms with E-state index in [1.54, 1.807) is 0 Å². The van der Waals surface area contributed by atoms with Crippen LogP contribution in [0.5, 0.6) is 0 Å². The maximum atomic E-state index is 12.9. The van der Waals surface area contributed by atoms with Crippen molar-refractivity contribution in [2.45, 2.75) is 309 Å². The van der Waals surface area contributed by atoms with Gasteiger partial charge >= 0.3 is 17.9 Å². The van der Waals surface area contributed by atoms with Crippen LogP contribution in [0.2, 0.25) is 0 Å². The van der Waals surface area contributed by atoms with E-state index in [0.717, 1.165) is 122 Å². The van der Waals surface area contributed by atoms with Crippen LogP contribution in [-0.4, -0.2) is 37.2 Å². The molecule has 1 unspecified atom stereocenters. The van der Waals surface area contributed by atoms with Gasteiger partial charge in [-0.3, -0.25) is 14.4 Å². The molecule has 0 N–H and O–H groups in total. The third kappa shape index (κ3) is 68.0. The van der Waals surface area contributed by atoms with Gasteiger partial charge in [0.2, 0.25) is 0 Å². The molecule has 0 aromatic heterocycles. The summed E-state index contributed by atoms with van der Waals surface area (Å²) in [6.07, 6.45) is 100.0. The number of unbranched alkanes of at least 4 members (excludes halogenated alkanes) is 26. The fourth-order valence-corrected chi connectivity index (χ4v) is 9.23. The first-order valence-electron chi connectivity index (χ1n) is 34.3. The first-order chi connectivity index (χ1) is 41.0. The number of rotatable bonds is 61. The topological polar surface area (TPSA) is 78.9 Å². The van der Waals surface area contributed by atoms with Gasteiger partial charge in [-0.1, -0.05) is 289 Å². The Kier molecular flexibility index (Phi) is 65.8. The molecule has 0 rings (SSSR count). The number of hydrogen-bond acceptors (Lipinski definition) is 6. The molecule has 0 aromatic rings. The molecule has 0 saturated carbocycles. The highest BCUT2D eigenvalue weighted by atomic mass is 16.6. The van der Waals surface area contributed by atoms with Gasteiger partial charge in [0.05, 0.1) is 0 Å². The van der Waals surface area contributed by atoms with Crippen molar-refractivity contribution in [3.8, 4) is 0 Å². The standard InChI is InChI=1S/C77H126O6/c1-4-7-10-13-16-19-22-25-28-31-34-36-37-38-39-41-43-46-49-52-55-58-61-64-67-70-76(79)82-73-74(72-81-75(78)69-66-63-60-57-54-51-48-45-42-33-30-27-24-21-18-15-12-9-6-3)83-77(80)71-68-65-62-59-56-53-50-47-44-40-35-32-29-26-23-20-17-14-11-8-5-2/h7-8,10-11,16-21,25-30,34-36,40,47,50,56,59,74H,4-6,9,12-15,22-24,31-33,37-39,41-46,48-49,51-55,57-58,60-73H2,1-3H3/b10-7-,11-8-,19-16-,20-17-,21-18-,28-25-,29-26-,30-27-,36-34-,40-35-,50-47-,59-56-. The zero-order chi connectivity index (χ0) is 59.9. The zero-order valence-electron chi connectivity index (χ0n) is 53.9. The van der Waals surface area contributed by atoms with Gasteiger partial charge in [0, 0.05) is 19.3 Å². The third-order valence-electron chi connectivity index (χ3n) is 14.3. The fourth-order valence-electron chi connectivity index (χ4n) is 9.23. The number of ether oxygens (including phenoxy) is 3. The minimum atomic E-state index is -0.812. The second-order valence-electron chi connectivity index (χ2n) is 22.3. The first kappa shape index (κ1) is 78.3. The molecule has 83 heavy (non-hydrogen) atoms. The van der Waals surface area contributed by atoms with Crippen molar-refractivity contribution in [2.75, 3.05) is 13.2 Å². The van der Waals surface area contributed by atoms with E-state index in [-0.39, 0.29) is 37.5 Å². The van der Waals surface area contributed by atoms with Gasteiger partial charge in [-0.05, 0) is 141 Å². The Balaban J connectivity index is 4.46. The molecule has 0 amide bonds. The molecule has 0 bridgehead atoms. The molecule has 1 atom stereocenters. The molecule has 6 nitrogen and oxygen atoms in total. The summed E-state index contributed by atoms with van der Waals surface area (Å²) in [5.41, 5.74) is 0. The predicted molar refractivity (Wildman–Crippen MR) is 362 cm³/mol. The first-order valence-corrected chi connectivity index (χ1v) is 34.3. The van der Waals surface area contributed by atoms with Crippen LogP contribution in [0.4, 0.5) is 0 Å². The average molecular weight is 1150 g/mol. The Bertz CT molecular complexity index is 1800. The van der Waals surface area contributed by atoms with Gasteiger partial charge < -0.3 is 14.2 Å². The highest BCUT2D eigenvalue weighted by molar-refractivity contribution is 5.71. The van der Waals surface area contributed by atoms with Gasteiger partial charge in [0.25, 0.3) is 0 Å². The molecular weight excluding hydrogens is 1020 g/mol. The van der Waals surface area contributed by atoms with Crippen molar-refractivity contribution in [1.82, 2.24) is 0 Å². The van der Waals surface area contributed by atoms with Crippen LogP contribution in [0.3, 0.4) is 0 Å². The molecule has 0 aliphatic heterocycles. The summed E-state index contributed by atoms with van der Waals surface area (Å²) >= 11 is 0. The van der Waals surface area contributed by atoms with Gasteiger partial charge in [-0.2, -0.15) is 0 Å². The van der Waals surface area contributed by atoms with Crippen LogP contribution in [-0.2, 0) is 28.6 Å². The second-order valence-corrected chi connectivity index (χ2v) is 22.3. The number of allylic oxidation sites excluding steroid dienone is 24. The monoisotopic (exact) mass is 1150 g/mol. The van der Waals surface area contributed by atoms with E-state index in [1.807, 2.05) is 0 Å². The molecule has 0 aliphatic rings. The quantitative estimate of drug-likeness (QED) is 0.0261. The lowest BCUT2D eigenvalue weighted by atomic mass is 10.0. The Labute approximate surface area is 512 Å². The van der Waals surface area contributed by atoms with Crippen molar-refractivity contribution >= 4 is 17.9 Å². The Hall–Kier alpha value is -4.71. The molecule has 0 radical (unpaired) electrons. The maximum absolute atomic E-state index is 12.9. The minimum Gasteiger partial charge on any atom is -0.462 e. The van der Waals surface area contributed by atoms with Crippen molar-refractivity contribution in [2.24, 2.45) is 0 Å². The average Bonchev–Trinajstić information content (AvgIpc) is 3.50. The molecule has 0 spiro atoms. The smallest absolute Gasteiger partial charge is 0.306 e. The molecule has 0 aromatic carbocycles. The number of esters is 3.